The van der Waals surface area contributed by atoms with Crippen LogP contribution in [0, 0.1) is 5.92 Å². The Morgan fingerprint density at radius 2 is 1.92 bits per heavy atom. The molecule has 4 atom stereocenters. The molecule has 3 aliphatic heterocycles. The Kier molecular flexibility index (Phi) is 4.86. The molecule has 0 radical (unpaired) electrons. The van der Waals surface area contributed by atoms with Crippen molar-refractivity contribution in [2.75, 3.05) is 12.3 Å². The Balaban J connectivity index is 1.47. The Bertz CT molecular complexity index is 566. The molecule has 0 aliphatic carbocycles. The lowest BCUT2D eigenvalue weighted by Gasteiger charge is -2.41. The summed E-state index contributed by atoms with van der Waals surface area (Å²) in [6.07, 6.45) is 5.74. The summed E-state index contributed by atoms with van der Waals surface area (Å²) in [5, 5.41) is 4.15. The van der Waals surface area contributed by atoms with Crippen molar-refractivity contribution in [1.82, 2.24) is 10.2 Å². The number of nitrogens with zero attached hydrogens (tertiary/aromatic N) is 1. The van der Waals surface area contributed by atoms with Crippen LogP contribution in [-0.2, 0) is 4.79 Å². The largest absolute Gasteiger partial charge is 0.334 e. The Morgan fingerprint density at radius 3 is 2.62 bits per heavy atom. The standard InChI is InChI=1S/C20H28N2OS/c1-14-20(16-5-3-2-4-6-16)22(9-10-24-14)19(23)13-15-11-17-7-8-18(12-15)21-17/h2-6,14-15,17-18,20-21H,7-13H2,1H3. The smallest absolute Gasteiger partial charge is 0.223 e. The van der Waals surface area contributed by atoms with E-state index in [-0.39, 0.29) is 6.04 Å². The number of rotatable bonds is 3. The molecule has 4 rings (SSSR count). The van der Waals surface area contributed by atoms with E-state index in [0.717, 1.165) is 18.7 Å². The van der Waals surface area contributed by atoms with Gasteiger partial charge in [-0.25, -0.2) is 0 Å². The molecule has 0 aromatic heterocycles. The van der Waals surface area contributed by atoms with Crippen molar-refractivity contribution in [3.63, 3.8) is 0 Å². The van der Waals surface area contributed by atoms with E-state index in [0.29, 0.717) is 29.2 Å². The molecule has 3 fully saturated rings. The molecule has 130 valence electrons. The zero-order valence-electron chi connectivity index (χ0n) is 14.5. The van der Waals surface area contributed by atoms with Gasteiger partial charge in [-0.3, -0.25) is 4.79 Å². The van der Waals surface area contributed by atoms with Crippen molar-refractivity contribution in [3.05, 3.63) is 35.9 Å². The summed E-state index contributed by atoms with van der Waals surface area (Å²) >= 11 is 2.00. The summed E-state index contributed by atoms with van der Waals surface area (Å²) in [7, 11) is 0. The average Bonchev–Trinajstić information content (AvgIpc) is 2.94. The fourth-order valence-corrected chi connectivity index (χ4v) is 6.07. The Labute approximate surface area is 149 Å². The maximum atomic E-state index is 13.1. The van der Waals surface area contributed by atoms with Crippen LogP contribution in [0.2, 0.25) is 0 Å². The molecule has 0 saturated carbocycles. The van der Waals surface area contributed by atoms with Gasteiger partial charge in [-0.05, 0) is 37.2 Å². The van der Waals surface area contributed by atoms with E-state index in [9.17, 15) is 4.79 Å². The average molecular weight is 345 g/mol. The molecule has 1 aromatic rings. The first kappa shape index (κ1) is 16.5. The number of benzene rings is 1. The first-order valence-corrected chi connectivity index (χ1v) is 10.5. The third kappa shape index (κ3) is 3.36. The van der Waals surface area contributed by atoms with Crippen molar-refractivity contribution in [2.24, 2.45) is 5.92 Å². The van der Waals surface area contributed by atoms with Gasteiger partial charge in [-0.1, -0.05) is 37.3 Å². The van der Waals surface area contributed by atoms with Gasteiger partial charge in [-0.2, -0.15) is 11.8 Å². The molecule has 2 bridgehead atoms. The zero-order chi connectivity index (χ0) is 16.5. The second-order valence-corrected chi connectivity index (χ2v) is 9.18. The normalized spacial score (nSPS) is 35.9. The Morgan fingerprint density at radius 1 is 1.21 bits per heavy atom. The maximum Gasteiger partial charge on any atom is 0.223 e. The van der Waals surface area contributed by atoms with Crippen LogP contribution in [-0.4, -0.2) is 40.4 Å². The van der Waals surface area contributed by atoms with E-state index >= 15 is 0 Å². The summed E-state index contributed by atoms with van der Waals surface area (Å²) in [4.78, 5) is 15.3. The van der Waals surface area contributed by atoms with Crippen molar-refractivity contribution in [3.8, 4) is 0 Å². The number of nitrogens with one attached hydrogen (secondary N) is 1. The number of carbonyl (C=O) groups is 1. The molecule has 0 spiro atoms. The Hall–Kier alpha value is -1.00. The number of piperidine rings is 1. The van der Waals surface area contributed by atoms with Gasteiger partial charge in [0.15, 0.2) is 0 Å². The number of hydrogen-bond acceptors (Lipinski definition) is 3. The molecule has 3 aliphatic rings. The molecule has 3 saturated heterocycles. The van der Waals surface area contributed by atoms with Gasteiger partial charge in [0, 0.05) is 36.1 Å². The lowest BCUT2D eigenvalue weighted by Crippen LogP contribution is -2.45. The van der Waals surface area contributed by atoms with Crippen LogP contribution in [0.1, 0.15) is 50.6 Å². The highest BCUT2D eigenvalue weighted by Gasteiger charge is 2.37. The van der Waals surface area contributed by atoms with Gasteiger partial charge in [0.05, 0.1) is 6.04 Å². The van der Waals surface area contributed by atoms with Gasteiger partial charge in [0.25, 0.3) is 0 Å². The fraction of sp³-hybridized carbons (Fsp3) is 0.650. The van der Waals surface area contributed by atoms with Gasteiger partial charge in [-0.15, -0.1) is 0 Å². The van der Waals surface area contributed by atoms with Crippen LogP contribution >= 0.6 is 11.8 Å². The summed E-state index contributed by atoms with van der Waals surface area (Å²) in [6, 6.07) is 12.2. The molecule has 1 amide bonds. The highest BCUT2D eigenvalue weighted by Crippen LogP contribution is 2.38. The highest BCUT2D eigenvalue weighted by molar-refractivity contribution is 8.00. The van der Waals surface area contributed by atoms with Crippen LogP contribution in [0.4, 0.5) is 0 Å². The second kappa shape index (κ2) is 7.09. The summed E-state index contributed by atoms with van der Waals surface area (Å²) in [6.45, 7) is 3.16. The molecule has 24 heavy (non-hydrogen) atoms. The van der Waals surface area contributed by atoms with Gasteiger partial charge in [0.1, 0.15) is 0 Å². The molecular weight excluding hydrogens is 316 g/mol. The van der Waals surface area contributed by atoms with Gasteiger partial charge >= 0.3 is 0 Å². The molecule has 4 unspecified atom stereocenters. The molecule has 1 aromatic carbocycles. The van der Waals surface area contributed by atoms with Crippen LogP contribution < -0.4 is 5.32 Å². The molecular formula is C20H28N2OS. The van der Waals surface area contributed by atoms with Gasteiger partial charge < -0.3 is 10.2 Å². The summed E-state index contributed by atoms with van der Waals surface area (Å²) in [5.74, 6) is 2.02. The van der Waals surface area contributed by atoms with Crippen LogP contribution in [0.25, 0.3) is 0 Å². The zero-order valence-corrected chi connectivity index (χ0v) is 15.3. The van der Waals surface area contributed by atoms with E-state index in [1.54, 1.807) is 0 Å². The number of fused-ring (bicyclic) bond motifs is 2. The number of hydrogen-bond donors (Lipinski definition) is 1. The predicted octanol–water partition coefficient (Wildman–Crippen LogP) is 3.61. The first-order chi connectivity index (χ1) is 11.7. The van der Waals surface area contributed by atoms with E-state index in [1.807, 2.05) is 11.8 Å². The van der Waals surface area contributed by atoms with E-state index in [4.69, 9.17) is 0 Å². The minimum atomic E-state index is 0.232. The summed E-state index contributed by atoms with van der Waals surface area (Å²) in [5.41, 5.74) is 1.29. The van der Waals surface area contributed by atoms with E-state index in [2.05, 4.69) is 47.5 Å². The molecule has 3 nitrogen and oxygen atoms in total. The molecule has 1 N–H and O–H groups in total. The fourth-order valence-electron chi connectivity index (χ4n) is 4.91. The SMILES string of the molecule is CC1SCCN(C(=O)CC2CC3CCC(C2)N3)C1c1ccccc1. The maximum absolute atomic E-state index is 13.1. The highest BCUT2D eigenvalue weighted by atomic mass is 32.2. The predicted molar refractivity (Wildman–Crippen MR) is 100 cm³/mol. The lowest BCUT2D eigenvalue weighted by molar-refractivity contribution is -0.135. The quantitative estimate of drug-likeness (QED) is 0.909. The molecule has 4 heteroatoms. The number of carbonyl (C=O) groups excluding carboxylic acids is 1. The minimum absolute atomic E-state index is 0.232. The third-order valence-corrected chi connectivity index (χ3v) is 7.19. The van der Waals surface area contributed by atoms with Crippen molar-refractivity contribution in [1.29, 1.82) is 0 Å². The van der Waals surface area contributed by atoms with Crippen molar-refractivity contribution < 1.29 is 4.79 Å². The van der Waals surface area contributed by atoms with Crippen LogP contribution in [0.5, 0.6) is 0 Å². The third-order valence-electron chi connectivity index (χ3n) is 5.99. The van der Waals surface area contributed by atoms with Gasteiger partial charge in [0.2, 0.25) is 5.91 Å². The van der Waals surface area contributed by atoms with E-state index in [1.165, 1.54) is 31.2 Å². The number of amides is 1. The topological polar surface area (TPSA) is 32.3 Å². The minimum Gasteiger partial charge on any atom is -0.334 e. The first-order valence-electron chi connectivity index (χ1n) is 9.43. The number of thioether (sulfide) groups is 1. The van der Waals surface area contributed by atoms with Crippen molar-refractivity contribution in [2.45, 2.75) is 62.4 Å². The lowest BCUT2D eigenvalue weighted by atomic mass is 9.89. The van der Waals surface area contributed by atoms with Crippen LogP contribution in [0.15, 0.2) is 30.3 Å². The summed E-state index contributed by atoms with van der Waals surface area (Å²) < 4.78 is 0. The van der Waals surface area contributed by atoms with Crippen molar-refractivity contribution >= 4 is 17.7 Å². The monoisotopic (exact) mass is 344 g/mol. The van der Waals surface area contributed by atoms with Crippen LogP contribution in [0.3, 0.4) is 0 Å². The molecule has 3 heterocycles. The van der Waals surface area contributed by atoms with E-state index < -0.39 is 0 Å². The second-order valence-electron chi connectivity index (χ2n) is 7.70.